The monoisotopic (exact) mass is 783 g/mol. The molecule has 11 heteroatoms. The van der Waals surface area contributed by atoms with Crippen LogP contribution in [0.25, 0.3) is 0 Å². The van der Waals surface area contributed by atoms with E-state index in [1.165, 1.54) is 4.90 Å². The van der Waals surface area contributed by atoms with Crippen LogP contribution >= 0.6 is 15.9 Å². The molecular weight excluding hydrogens is 738 g/mol. The summed E-state index contributed by atoms with van der Waals surface area (Å²) in [5.41, 5.74) is 2.42. The van der Waals surface area contributed by atoms with Gasteiger partial charge < -0.3 is 29.7 Å². The molecule has 6 rings (SSSR count). The number of hydrogen-bond donors (Lipinski definition) is 2. The van der Waals surface area contributed by atoms with E-state index in [2.05, 4.69) is 34.4 Å². The summed E-state index contributed by atoms with van der Waals surface area (Å²) < 4.78 is 12.4. The van der Waals surface area contributed by atoms with Gasteiger partial charge in [0.1, 0.15) is 18.2 Å². The standard InChI is InChI=1S/C42H46BrN3O7/c1-5-7-21-33(48)52-25-31(28-17-10-8-11-18-28)44-39(49)34-35-40(50)46(32(24-47)29-19-12-9-13-20-29)38(42(35)23-30(43)37(34)53-42)41(51)45(22-6-2)36-26(3)15-14-16-27(36)4/h5-6,8-20,30-32,34-35,37-38,47H,1-2,7,21-25H2,3-4H3,(H,44,49)/t30?,31-,32+,34+,35-,37+,38+,42-/m0/s1. The highest BCUT2D eigenvalue weighted by atomic mass is 79.9. The quantitative estimate of drug-likeness (QED) is 0.116. The van der Waals surface area contributed by atoms with E-state index in [-0.39, 0.29) is 36.7 Å². The Kier molecular flexibility index (Phi) is 11.7. The Balaban J connectivity index is 1.42. The number of likely N-dealkylation sites (tertiary alicyclic amines) is 1. The summed E-state index contributed by atoms with van der Waals surface area (Å²) in [5.74, 6) is -3.74. The van der Waals surface area contributed by atoms with Gasteiger partial charge in [0.15, 0.2) is 0 Å². The summed E-state index contributed by atoms with van der Waals surface area (Å²) in [7, 11) is 0. The maximum absolute atomic E-state index is 15.3. The average molecular weight is 785 g/mol. The minimum absolute atomic E-state index is 0.119. The number of nitrogens with zero attached hydrogens (tertiary/aromatic N) is 2. The van der Waals surface area contributed by atoms with Crippen LogP contribution in [0.2, 0.25) is 0 Å². The molecule has 0 aromatic heterocycles. The number of aryl methyl sites for hydroxylation is 2. The number of para-hydroxylation sites is 1. The summed E-state index contributed by atoms with van der Waals surface area (Å²) in [6.07, 6.45) is 3.46. The zero-order chi connectivity index (χ0) is 37.9. The van der Waals surface area contributed by atoms with E-state index in [1.807, 2.05) is 92.7 Å². The zero-order valence-electron chi connectivity index (χ0n) is 30.0. The van der Waals surface area contributed by atoms with Crippen LogP contribution in [-0.2, 0) is 28.7 Å². The number of aliphatic hydroxyl groups excluding tert-OH is 1. The number of benzene rings is 3. The highest BCUT2D eigenvalue weighted by Gasteiger charge is 2.77. The SMILES string of the molecule is C=CCCC(=O)OC[C@H](NC(=O)[C@H]1[C@@H]2O[C@@]3(CC2Br)[C@@H]1C(=O)N([C@H](CO)c1ccccc1)[C@@H]3C(=O)N(CC=C)c1c(C)cccc1C)c1ccccc1. The van der Waals surface area contributed by atoms with Crippen LogP contribution in [0.1, 0.15) is 53.6 Å². The van der Waals surface area contributed by atoms with E-state index in [0.29, 0.717) is 17.7 Å². The first-order chi connectivity index (χ1) is 25.6. The molecule has 3 aliphatic rings. The van der Waals surface area contributed by atoms with Gasteiger partial charge in [-0.1, -0.05) is 107 Å². The van der Waals surface area contributed by atoms with Crippen LogP contribution in [0, 0.1) is 25.7 Å². The summed E-state index contributed by atoms with van der Waals surface area (Å²) in [6.45, 7) is 11.0. The minimum Gasteiger partial charge on any atom is -0.463 e. The van der Waals surface area contributed by atoms with Crippen molar-refractivity contribution in [2.75, 3.05) is 24.7 Å². The van der Waals surface area contributed by atoms with Crippen LogP contribution in [0.3, 0.4) is 0 Å². The number of aliphatic hydroxyl groups is 1. The molecule has 0 aliphatic carbocycles. The van der Waals surface area contributed by atoms with E-state index in [0.717, 1.165) is 16.7 Å². The van der Waals surface area contributed by atoms with Crippen LogP contribution in [0.5, 0.6) is 0 Å². The molecule has 3 aromatic carbocycles. The highest BCUT2D eigenvalue weighted by molar-refractivity contribution is 9.09. The highest BCUT2D eigenvalue weighted by Crippen LogP contribution is 2.61. The maximum Gasteiger partial charge on any atom is 0.306 e. The van der Waals surface area contributed by atoms with Gasteiger partial charge in [0.05, 0.1) is 36.6 Å². The van der Waals surface area contributed by atoms with Gasteiger partial charge in [0, 0.05) is 23.5 Å². The molecule has 0 saturated carbocycles. The summed E-state index contributed by atoms with van der Waals surface area (Å²) >= 11 is 3.77. The minimum atomic E-state index is -1.40. The van der Waals surface area contributed by atoms with E-state index in [9.17, 15) is 14.7 Å². The van der Waals surface area contributed by atoms with Crippen LogP contribution in [0.15, 0.2) is 104 Å². The Labute approximate surface area is 319 Å². The molecule has 8 atom stereocenters. The fraction of sp³-hybridized carbons (Fsp3) is 0.381. The number of alkyl halides is 1. The molecular formula is C42H46BrN3O7. The van der Waals surface area contributed by atoms with Gasteiger partial charge in [-0.25, -0.2) is 0 Å². The topological polar surface area (TPSA) is 125 Å². The van der Waals surface area contributed by atoms with Crippen LogP contribution < -0.4 is 10.2 Å². The summed E-state index contributed by atoms with van der Waals surface area (Å²) in [4.78, 5) is 60.2. The fourth-order valence-electron chi connectivity index (χ4n) is 8.45. The lowest BCUT2D eigenvalue weighted by Crippen LogP contribution is -2.58. The molecule has 53 heavy (non-hydrogen) atoms. The third kappa shape index (κ3) is 7.10. The molecule has 10 nitrogen and oxygen atoms in total. The molecule has 0 radical (unpaired) electrons. The lowest BCUT2D eigenvalue weighted by Gasteiger charge is -2.40. The molecule has 2 bridgehead atoms. The van der Waals surface area contributed by atoms with E-state index >= 15 is 9.59 Å². The number of nitrogens with one attached hydrogen (secondary N) is 1. The first-order valence-corrected chi connectivity index (χ1v) is 18.9. The number of amides is 3. The van der Waals surface area contributed by atoms with Gasteiger partial charge in [-0.05, 0) is 48.9 Å². The molecule has 3 aliphatic heterocycles. The third-order valence-electron chi connectivity index (χ3n) is 10.7. The number of anilines is 1. The van der Waals surface area contributed by atoms with Crippen LogP contribution in [-0.4, -0.2) is 76.0 Å². The van der Waals surface area contributed by atoms with Crippen molar-refractivity contribution in [3.63, 3.8) is 0 Å². The Morgan fingerprint density at radius 2 is 1.66 bits per heavy atom. The molecule has 1 unspecified atom stereocenters. The molecule has 3 aromatic rings. The number of hydrogen-bond acceptors (Lipinski definition) is 7. The molecule has 1 spiro atoms. The van der Waals surface area contributed by atoms with Crippen molar-refractivity contribution in [1.82, 2.24) is 10.2 Å². The number of carbonyl (C=O) groups excluding carboxylic acids is 4. The Bertz CT molecular complexity index is 1840. The molecule has 3 heterocycles. The van der Waals surface area contributed by atoms with Crippen molar-refractivity contribution < 1.29 is 33.8 Å². The normalized spacial score (nSPS) is 25.3. The average Bonchev–Trinajstić information content (AvgIpc) is 3.76. The second kappa shape index (κ2) is 16.2. The van der Waals surface area contributed by atoms with Crippen molar-refractivity contribution in [1.29, 1.82) is 0 Å². The van der Waals surface area contributed by atoms with Crippen LogP contribution in [0.4, 0.5) is 5.69 Å². The molecule has 278 valence electrons. The van der Waals surface area contributed by atoms with Crippen molar-refractivity contribution in [2.24, 2.45) is 11.8 Å². The smallest absolute Gasteiger partial charge is 0.306 e. The lowest BCUT2D eigenvalue weighted by atomic mass is 9.70. The van der Waals surface area contributed by atoms with E-state index < -0.39 is 66.1 Å². The van der Waals surface area contributed by atoms with Crippen molar-refractivity contribution in [3.05, 3.63) is 126 Å². The van der Waals surface area contributed by atoms with Gasteiger partial charge in [0.2, 0.25) is 11.8 Å². The number of carbonyl (C=O) groups is 4. The number of esters is 1. The number of ether oxygens (including phenoxy) is 2. The van der Waals surface area contributed by atoms with Gasteiger partial charge in [0.25, 0.3) is 5.91 Å². The van der Waals surface area contributed by atoms with Crippen molar-refractivity contribution in [2.45, 2.75) is 67.8 Å². The third-order valence-corrected chi connectivity index (χ3v) is 11.6. The Hall–Kier alpha value is -4.58. The number of allylic oxidation sites excluding steroid dienone is 1. The summed E-state index contributed by atoms with van der Waals surface area (Å²) in [6, 6.07) is 21.3. The molecule has 3 saturated heterocycles. The predicted octanol–water partition coefficient (Wildman–Crippen LogP) is 5.67. The first-order valence-electron chi connectivity index (χ1n) is 18.0. The van der Waals surface area contributed by atoms with Gasteiger partial charge >= 0.3 is 5.97 Å². The second-order valence-corrected chi connectivity index (χ2v) is 15.2. The van der Waals surface area contributed by atoms with Gasteiger partial charge in [-0.15, -0.1) is 13.2 Å². The lowest BCUT2D eigenvalue weighted by molar-refractivity contribution is -0.146. The molecule has 2 N–H and O–H groups in total. The number of fused-ring (bicyclic) bond motifs is 1. The largest absolute Gasteiger partial charge is 0.463 e. The van der Waals surface area contributed by atoms with E-state index in [4.69, 9.17) is 9.47 Å². The van der Waals surface area contributed by atoms with Crippen molar-refractivity contribution in [3.8, 4) is 0 Å². The molecule has 3 fully saturated rings. The molecule has 3 amide bonds. The number of halogens is 1. The first kappa shape index (κ1) is 38.2. The second-order valence-electron chi connectivity index (χ2n) is 14.0. The predicted molar refractivity (Wildman–Crippen MR) is 205 cm³/mol. The van der Waals surface area contributed by atoms with E-state index in [1.54, 1.807) is 17.1 Å². The van der Waals surface area contributed by atoms with Crippen molar-refractivity contribution >= 4 is 45.3 Å². The van der Waals surface area contributed by atoms with Gasteiger partial charge in [-0.3, -0.25) is 19.2 Å². The van der Waals surface area contributed by atoms with Gasteiger partial charge in [-0.2, -0.15) is 0 Å². The summed E-state index contributed by atoms with van der Waals surface area (Å²) in [5, 5.41) is 14.0. The fourth-order valence-corrected chi connectivity index (χ4v) is 9.40. The zero-order valence-corrected chi connectivity index (χ0v) is 31.6. The maximum atomic E-state index is 15.3. The Morgan fingerprint density at radius 1 is 1.02 bits per heavy atom. The Morgan fingerprint density at radius 3 is 2.26 bits per heavy atom. The number of rotatable bonds is 15.